The minimum atomic E-state index is -3.23. The molecule has 0 aromatic heterocycles. The highest BCUT2D eigenvalue weighted by Crippen LogP contribution is 2.33. The van der Waals surface area contributed by atoms with E-state index in [9.17, 15) is 13.2 Å². The van der Waals surface area contributed by atoms with Crippen LogP contribution in [0.4, 0.5) is 0 Å². The van der Waals surface area contributed by atoms with E-state index in [4.69, 9.17) is 5.73 Å². The van der Waals surface area contributed by atoms with Crippen molar-refractivity contribution < 1.29 is 13.2 Å². The van der Waals surface area contributed by atoms with Gasteiger partial charge in [-0.2, -0.15) is 11.8 Å². The Balaban J connectivity index is 2.16. The van der Waals surface area contributed by atoms with Gasteiger partial charge in [0.05, 0.1) is 0 Å². The van der Waals surface area contributed by atoms with Gasteiger partial charge in [0.2, 0.25) is 5.91 Å². The lowest BCUT2D eigenvalue weighted by Crippen LogP contribution is -2.53. The van der Waals surface area contributed by atoms with E-state index in [2.05, 4.69) is 0 Å². The summed E-state index contributed by atoms with van der Waals surface area (Å²) in [6.45, 7) is 1.05. The van der Waals surface area contributed by atoms with Crippen molar-refractivity contribution in [2.75, 3.05) is 30.9 Å². The summed E-state index contributed by atoms with van der Waals surface area (Å²) in [4.78, 5) is 14.4. The molecule has 3 atom stereocenters. The monoisotopic (exact) mass is 320 g/mol. The van der Waals surface area contributed by atoms with Gasteiger partial charge in [0.15, 0.2) is 9.84 Å². The summed E-state index contributed by atoms with van der Waals surface area (Å²) in [5, 5.41) is -0.658. The number of hydrogen-bond donors (Lipinski definition) is 1. The zero-order valence-electron chi connectivity index (χ0n) is 12.0. The molecule has 0 radical (unpaired) electrons. The van der Waals surface area contributed by atoms with Crippen molar-refractivity contribution in [3.8, 4) is 0 Å². The summed E-state index contributed by atoms with van der Waals surface area (Å²) >= 11 is 1.61. The molecule has 3 unspecified atom stereocenters. The Morgan fingerprint density at radius 3 is 2.70 bits per heavy atom. The third-order valence-corrected chi connectivity index (χ3v) is 7.03. The average Bonchev–Trinajstić information content (AvgIpc) is 2.45. The van der Waals surface area contributed by atoms with Gasteiger partial charge >= 0.3 is 0 Å². The van der Waals surface area contributed by atoms with Crippen LogP contribution in [0, 0.1) is 11.8 Å². The minimum Gasteiger partial charge on any atom is -0.330 e. The van der Waals surface area contributed by atoms with Crippen molar-refractivity contribution in [3.63, 3.8) is 0 Å². The third kappa shape index (κ3) is 3.49. The lowest BCUT2D eigenvalue weighted by atomic mass is 9.78. The van der Waals surface area contributed by atoms with Crippen LogP contribution in [0.25, 0.3) is 0 Å². The minimum absolute atomic E-state index is 0.0101. The largest absolute Gasteiger partial charge is 0.330 e. The van der Waals surface area contributed by atoms with Gasteiger partial charge in [0.25, 0.3) is 0 Å². The normalized spacial score (nSPS) is 32.1. The zero-order valence-corrected chi connectivity index (χ0v) is 13.6. The molecule has 1 saturated carbocycles. The zero-order chi connectivity index (χ0) is 14.8. The molecule has 1 saturated heterocycles. The van der Waals surface area contributed by atoms with Crippen LogP contribution < -0.4 is 5.73 Å². The fraction of sp³-hybridized carbons (Fsp3) is 0.923. The molecule has 0 spiro atoms. The summed E-state index contributed by atoms with van der Waals surface area (Å²) in [5.74, 6) is 1.45. The predicted molar refractivity (Wildman–Crippen MR) is 82.2 cm³/mol. The molecule has 0 bridgehead atoms. The van der Waals surface area contributed by atoms with Crippen LogP contribution in [-0.2, 0) is 14.6 Å². The molecule has 116 valence electrons. The van der Waals surface area contributed by atoms with Crippen LogP contribution in [0.5, 0.6) is 0 Å². The van der Waals surface area contributed by atoms with Gasteiger partial charge in [0.1, 0.15) is 5.37 Å². The number of thioether (sulfide) groups is 1. The Labute approximate surface area is 125 Å². The highest BCUT2D eigenvalue weighted by Gasteiger charge is 2.39. The second-order valence-corrected chi connectivity index (χ2v) is 9.13. The van der Waals surface area contributed by atoms with Gasteiger partial charge in [-0.15, -0.1) is 0 Å². The predicted octanol–water partition coefficient (Wildman–Crippen LogP) is 0.698. The number of nitrogens with two attached hydrogens (primary N) is 1. The number of sulfone groups is 1. The highest BCUT2D eigenvalue weighted by molar-refractivity contribution is 8.00. The molecular weight excluding hydrogens is 296 g/mol. The second kappa shape index (κ2) is 6.66. The molecular formula is C13H24N2O3S2. The van der Waals surface area contributed by atoms with Crippen LogP contribution in [-0.4, -0.2) is 55.4 Å². The van der Waals surface area contributed by atoms with E-state index in [1.807, 2.05) is 0 Å². The average molecular weight is 320 g/mol. The van der Waals surface area contributed by atoms with E-state index in [-0.39, 0.29) is 17.7 Å². The topological polar surface area (TPSA) is 80.5 Å². The fourth-order valence-electron chi connectivity index (χ4n) is 3.22. The van der Waals surface area contributed by atoms with Crippen LogP contribution in [0.1, 0.15) is 25.7 Å². The Morgan fingerprint density at radius 2 is 2.05 bits per heavy atom. The Kier molecular flexibility index (Phi) is 5.36. The smallest absolute Gasteiger partial charge is 0.227 e. The van der Waals surface area contributed by atoms with Gasteiger partial charge in [-0.25, -0.2) is 8.42 Å². The van der Waals surface area contributed by atoms with Crippen molar-refractivity contribution >= 4 is 27.5 Å². The van der Waals surface area contributed by atoms with Gasteiger partial charge < -0.3 is 10.6 Å². The SMILES string of the molecule is CS(=O)(=O)C1CSCCN1C(=O)C1CCCCC1CN. The van der Waals surface area contributed by atoms with E-state index in [0.29, 0.717) is 18.8 Å². The first-order valence-corrected chi connectivity index (χ1v) is 10.3. The second-order valence-electron chi connectivity index (χ2n) is 5.78. The number of carbonyl (C=O) groups is 1. The lowest BCUT2D eigenvalue weighted by molar-refractivity contribution is -0.138. The van der Waals surface area contributed by atoms with E-state index < -0.39 is 15.2 Å². The highest BCUT2D eigenvalue weighted by atomic mass is 32.2. The quantitative estimate of drug-likeness (QED) is 0.828. The maximum absolute atomic E-state index is 12.8. The first-order valence-electron chi connectivity index (χ1n) is 7.22. The first-order chi connectivity index (χ1) is 9.45. The number of amides is 1. The molecule has 7 heteroatoms. The Hall–Kier alpha value is -0.270. The lowest BCUT2D eigenvalue weighted by Gasteiger charge is -2.39. The van der Waals surface area contributed by atoms with Crippen LogP contribution in [0.15, 0.2) is 0 Å². The van der Waals surface area contributed by atoms with Crippen molar-refractivity contribution in [3.05, 3.63) is 0 Å². The molecule has 2 aliphatic rings. The molecule has 2 N–H and O–H groups in total. The number of rotatable bonds is 3. The molecule has 2 rings (SSSR count). The summed E-state index contributed by atoms with van der Waals surface area (Å²) in [6.07, 6.45) is 5.22. The maximum Gasteiger partial charge on any atom is 0.227 e. The van der Waals surface area contributed by atoms with Gasteiger partial charge in [-0.1, -0.05) is 12.8 Å². The summed E-state index contributed by atoms with van der Waals surface area (Å²) in [7, 11) is -3.23. The molecule has 2 fully saturated rings. The molecule has 0 aromatic carbocycles. The fourth-order valence-corrected chi connectivity index (χ4v) is 6.04. The Morgan fingerprint density at radius 1 is 1.35 bits per heavy atom. The number of nitrogens with zero attached hydrogens (tertiary/aromatic N) is 1. The van der Waals surface area contributed by atoms with E-state index >= 15 is 0 Å². The first kappa shape index (κ1) is 16.1. The Bertz CT molecular complexity index is 453. The molecule has 1 aliphatic heterocycles. The number of carbonyl (C=O) groups excluding carboxylic acids is 1. The number of hydrogen-bond acceptors (Lipinski definition) is 5. The molecule has 20 heavy (non-hydrogen) atoms. The summed E-state index contributed by atoms with van der Waals surface area (Å²) in [6, 6.07) is 0. The van der Waals surface area contributed by atoms with Crippen LogP contribution in [0.2, 0.25) is 0 Å². The molecule has 5 nitrogen and oxygen atoms in total. The van der Waals surface area contributed by atoms with E-state index in [1.54, 1.807) is 16.7 Å². The van der Waals surface area contributed by atoms with Crippen molar-refractivity contribution in [2.45, 2.75) is 31.1 Å². The van der Waals surface area contributed by atoms with Gasteiger partial charge in [-0.05, 0) is 25.3 Å². The molecule has 0 aromatic rings. The summed E-state index contributed by atoms with van der Waals surface area (Å²) < 4.78 is 23.8. The van der Waals surface area contributed by atoms with Crippen molar-refractivity contribution in [1.82, 2.24) is 4.90 Å². The maximum atomic E-state index is 12.8. The summed E-state index contributed by atoms with van der Waals surface area (Å²) in [5.41, 5.74) is 5.79. The third-order valence-electron chi connectivity index (χ3n) is 4.39. The van der Waals surface area contributed by atoms with Gasteiger partial charge in [-0.3, -0.25) is 4.79 Å². The molecule has 1 heterocycles. The van der Waals surface area contributed by atoms with Crippen molar-refractivity contribution in [1.29, 1.82) is 0 Å². The standard InChI is InChI=1S/C13H24N2O3S2/c1-20(17,18)12-9-19-7-6-15(12)13(16)11-5-3-2-4-10(11)8-14/h10-12H,2-9,14H2,1H3. The van der Waals surface area contributed by atoms with E-state index in [0.717, 1.165) is 31.4 Å². The van der Waals surface area contributed by atoms with Crippen LogP contribution in [0.3, 0.4) is 0 Å². The van der Waals surface area contributed by atoms with Crippen molar-refractivity contribution in [2.24, 2.45) is 17.6 Å². The van der Waals surface area contributed by atoms with Gasteiger partial charge in [0, 0.05) is 30.2 Å². The van der Waals surface area contributed by atoms with Crippen LogP contribution >= 0.6 is 11.8 Å². The molecule has 1 aliphatic carbocycles. The van der Waals surface area contributed by atoms with E-state index in [1.165, 1.54) is 6.26 Å². The molecule has 1 amide bonds.